The van der Waals surface area contributed by atoms with Crippen molar-refractivity contribution >= 4 is 29.1 Å². The van der Waals surface area contributed by atoms with E-state index in [9.17, 15) is 9.59 Å². The first kappa shape index (κ1) is 13.8. The molecule has 0 aliphatic rings. The molecule has 1 N–H and O–H groups in total. The van der Waals surface area contributed by atoms with E-state index in [0.717, 1.165) is 5.56 Å². The van der Waals surface area contributed by atoms with Gasteiger partial charge in [0.05, 0.1) is 10.9 Å². The standard InChI is InChI=1S/C18H12O4/c19-16-11-14(22-17-4-2-1-3-15(16)17)10-7-12-5-8-13(9-6-12)18(20)21/h1-11H,(H,20,21). The van der Waals surface area contributed by atoms with Crippen LogP contribution >= 0.6 is 0 Å². The predicted octanol–water partition coefficient (Wildman–Crippen LogP) is 3.66. The van der Waals surface area contributed by atoms with E-state index in [-0.39, 0.29) is 11.0 Å². The van der Waals surface area contributed by atoms with E-state index in [4.69, 9.17) is 9.52 Å². The summed E-state index contributed by atoms with van der Waals surface area (Å²) in [6, 6.07) is 14.9. The lowest BCUT2D eigenvalue weighted by molar-refractivity contribution is 0.0697. The van der Waals surface area contributed by atoms with Crippen molar-refractivity contribution in [2.75, 3.05) is 0 Å². The molecule has 0 aliphatic heterocycles. The van der Waals surface area contributed by atoms with Gasteiger partial charge in [-0.3, -0.25) is 4.79 Å². The Morgan fingerprint density at radius 3 is 2.45 bits per heavy atom. The summed E-state index contributed by atoms with van der Waals surface area (Å²) in [4.78, 5) is 22.8. The van der Waals surface area contributed by atoms with Crippen LogP contribution in [0.15, 0.2) is 63.8 Å². The van der Waals surface area contributed by atoms with Crippen molar-refractivity contribution in [2.24, 2.45) is 0 Å². The second-order valence-corrected chi connectivity index (χ2v) is 4.77. The van der Waals surface area contributed by atoms with Crippen molar-refractivity contribution in [1.82, 2.24) is 0 Å². The zero-order valence-corrected chi connectivity index (χ0v) is 11.5. The number of hydrogen-bond donors (Lipinski definition) is 1. The smallest absolute Gasteiger partial charge is 0.335 e. The second kappa shape index (κ2) is 5.69. The van der Waals surface area contributed by atoms with Crippen LogP contribution in [-0.2, 0) is 0 Å². The Labute approximate surface area is 125 Å². The zero-order valence-electron chi connectivity index (χ0n) is 11.5. The van der Waals surface area contributed by atoms with Crippen molar-refractivity contribution in [2.45, 2.75) is 0 Å². The first-order valence-electron chi connectivity index (χ1n) is 6.68. The molecule has 3 aromatic rings. The fourth-order valence-corrected chi connectivity index (χ4v) is 2.12. The third-order valence-corrected chi connectivity index (χ3v) is 3.25. The second-order valence-electron chi connectivity index (χ2n) is 4.77. The molecule has 22 heavy (non-hydrogen) atoms. The molecule has 1 heterocycles. The Balaban J connectivity index is 1.92. The van der Waals surface area contributed by atoms with Gasteiger partial charge >= 0.3 is 5.97 Å². The first-order valence-corrected chi connectivity index (χ1v) is 6.68. The van der Waals surface area contributed by atoms with Crippen LogP contribution in [-0.4, -0.2) is 11.1 Å². The van der Waals surface area contributed by atoms with Gasteiger partial charge in [-0.05, 0) is 35.9 Å². The summed E-state index contributed by atoms with van der Waals surface area (Å²) < 4.78 is 5.65. The molecule has 0 radical (unpaired) electrons. The number of aromatic carboxylic acids is 1. The molecule has 0 saturated carbocycles. The summed E-state index contributed by atoms with van der Waals surface area (Å²) in [6.45, 7) is 0. The molecule has 4 heteroatoms. The summed E-state index contributed by atoms with van der Waals surface area (Å²) in [7, 11) is 0. The van der Waals surface area contributed by atoms with Gasteiger partial charge in [-0.25, -0.2) is 4.79 Å². The molecule has 0 fully saturated rings. The maximum atomic E-state index is 12.0. The fraction of sp³-hybridized carbons (Fsp3) is 0. The molecule has 4 nitrogen and oxygen atoms in total. The molecule has 0 saturated heterocycles. The molecule has 1 aromatic heterocycles. The van der Waals surface area contributed by atoms with E-state index in [0.29, 0.717) is 16.7 Å². The highest BCUT2D eigenvalue weighted by Gasteiger charge is 2.02. The van der Waals surface area contributed by atoms with Gasteiger partial charge in [-0.15, -0.1) is 0 Å². The highest BCUT2D eigenvalue weighted by Crippen LogP contribution is 2.14. The quantitative estimate of drug-likeness (QED) is 0.800. The largest absolute Gasteiger partial charge is 0.478 e. The summed E-state index contributed by atoms with van der Waals surface area (Å²) in [6.07, 6.45) is 3.45. The average Bonchev–Trinajstić information content (AvgIpc) is 2.53. The van der Waals surface area contributed by atoms with Crippen molar-refractivity contribution in [3.8, 4) is 0 Å². The lowest BCUT2D eigenvalue weighted by atomic mass is 10.1. The number of hydrogen-bond acceptors (Lipinski definition) is 3. The van der Waals surface area contributed by atoms with Gasteiger partial charge < -0.3 is 9.52 Å². The van der Waals surface area contributed by atoms with E-state index < -0.39 is 5.97 Å². The van der Waals surface area contributed by atoms with Crippen LogP contribution in [0.1, 0.15) is 21.7 Å². The number of benzene rings is 2. The molecule has 0 unspecified atom stereocenters. The van der Waals surface area contributed by atoms with Gasteiger partial charge in [-0.1, -0.05) is 30.3 Å². The lowest BCUT2D eigenvalue weighted by Gasteiger charge is -1.99. The monoisotopic (exact) mass is 292 g/mol. The third-order valence-electron chi connectivity index (χ3n) is 3.25. The van der Waals surface area contributed by atoms with Crippen LogP contribution in [0.2, 0.25) is 0 Å². The number of rotatable bonds is 3. The minimum Gasteiger partial charge on any atom is -0.478 e. The number of carboxylic acids is 1. The Hall–Kier alpha value is -3.14. The number of para-hydroxylation sites is 1. The van der Waals surface area contributed by atoms with Crippen LogP contribution in [0.5, 0.6) is 0 Å². The molecular weight excluding hydrogens is 280 g/mol. The SMILES string of the molecule is O=C(O)c1ccc(C=Cc2cc(=O)c3ccccc3o2)cc1. The van der Waals surface area contributed by atoms with Crippen LogP contribution in [0.4, 0.5) is 0 Å². The van der Waals surface area contributed by atoms with Crippen molar-refractivity contribution in [3.63, 3.8) is 0 Å². The van der Waals surface area contributed by atoms with E-state index in [2.05, 4.69) is 0 Å². The summed E-state index contributed by atoms with van der Waals surface area (Å²) in [5.74, 6) is -0.512. The normalized spacial score (nSPS) is 11.1. The Kier molecular flexibility index (Phi) is 3.58. The maximum Gasteiger partial charge on any atom is 0.335 e. The van der Waals surface area contributed by atoms with Crippen LogP contribution < -0.4 is 5.43 Å². The average molecular weight is 292 g/mol. The molecule has 0 aliphatic carbocycles. The van der Waals surface area contributed by atoms with Gasteiger partial charge in [0, 0.05) is 6.07 Å². The highest BCUT2D eigenvalue weighted by molar-refractivity contribution is 5.88. The first-order chi connectivity index (χ1) is 10.6. The molecule has 0 atom stereocenters. The lowest BCUT2D eigenvalue weighted by Crippen LogP contribution is -1.99. The van der Waals surface area contributed by atoms with Crippen molar-refractivity contribution in [3.05, 3.63) is 81.7 Å². The molecule has 0 spiro atoms. The molecule has 2 aromatic carbocycles. The van der Waals surface area contributed by atoms with E-state index in [1.807, 2.05) is 6.07 Å². The summed E-state index contributed by atoms with van der Waals surface area (Å²) in [5.41, 5.74) is 1.49. The van der Waals surface area contributed by atoms with Crippen LogP contribution in [0.3, 0.4) is 0 Å². The summed E-state index contributed by atoms with van der Waals surface area (Å²) in [5, 5.41) is 9.39. The molecule has 3 rings (SSSR count). The van der Waals surface area contributed by atoms with Gasteiger partial charge in [0.1, 0.15) is 11.3 Å². The Morgan fingerprint density at radius 1 is 1.00 bits per heavy atom. The number of carboxylic acid groups (broad SMARTS) is 1. The Morgan fingerprint density at radius 2 is 1.73 bits per heavy atom. The summed E-state index contributed by atoms with van der Waals surface area (Å²) >= 11 is 0. The third kappa shape index (κ3) is 2.81. The van der Waals surface area contributed by atoms with Gasteiger partial charge in [0.2, 0.25) is 0 Å². The maximum absolute atomic E-state index is 12.0. The van der Waals surface area contributed by atoms with E-state index in [1.54, 1.807) is 42.5 Å². The van der Waals surface area contributed by atoms with E-state index >= 15 is 0 Å². The molecule has 0 amide bonds. The number of fused-ring (bicyclic) bond motifs is 1. The van der Waals surface area contributed by atoms with E-state index in [1.165, 1.54) is 18.2 Å². The van der Waals surface area contributed by atoms with Gasteiger partial charge in [0.15, 0.2) is 5.43 Å². The molecule has 0 bridgehead atoms. The van der Waals surface area contributed by atoms with Gasteiger partial charge in [-0.2, -0.15) is 0 Å². The predicted molar refractivity (Wildman–Crippen MR) is 84.8 cm³/mol. The van der Waals surface area contributed by atoms with Crippen molar-refractivity contribution < 1.29 is 14.3 Å². The van der Waals surface area contributed by atoms with Gasteiger partial charge in [0.25, 0.3) is 0 Å². The molecular formula is C18H12O4. The fourth-order valence-electron chi connectivity index (χ4n) is 2.12. The highest BCUT2D eigenvalue weighted by atomic mass is 16.4. The Bertz CT molecular complexity index is 918. The minimum atomic E-state index is -0.962. The molecule has 108 valence electrons. The van der Waals surface area contributed by atoms with Crippen LogP contribution in [0, 0.1) is 0 Å². The number of carbonyl (C=O) groups is 1. The minimum absolute atomic E-state index is 0.0947. The topological polar surface area (TPSA) is 67.5 Å². The van der Waals surface area contributed by atoms with Crippen molar-refractivity contribution in [1.29, 1.82) is 0 Å². The van der Waals surface area contributed by atoms with Crippen LogP contribution in [0.25, 0.3) is 23.1 Å². The zero-order chi connectivity index (χ0) is 15.5.